The molecule has 0 unspecified atom stereocenters. The number of halogens is 4. The van der Waals surface area contributed by atoms with Gasteiger partial charge in [-0.1, -0.05) is 49.5 Å². The van der Waals surface area contributed by atoms with Crippen LogP contribution < -0.4 is 0 Å². The van der Waals surface area contributed by atoms with Crippen LogP contribution in [0.3, 0.4) is 0 Å². The van der Waals surface area contributed by atoms with E-state index in [-0.39, 0.29) is 5.82 Å². The maximum atomic E-state index is 13.7. The summed E-state index contributed by atoms with van der Waals surface area (Å²) in [5, 5.41) is 0.402. The van der Waals surface area contributed by atoms with Crippen LogP contribution in [0.25, 0.3) is 11.1 Å². The third kappa shape index (κ3) is 2.31. The summed E-state index contributed by atoms with van der Waals surface area (Å²) < 4.78 is 15.4. The molecule has 0 nitrogen and oxygen atoms in total. The predicted molar refractivity (Wildman–Crippen MR) is 72.2 cm³/mol. The van der Waals surface area contributed by atoms with E-state index in [0.717, 1.165) is 14.5 Å². The third-order valence-electron chi connectivity index (χ3n) is 2.16. The minimum Gasteiger partial charge on any atom is -0.206 e. The summed E-state index contributed by atoms with van der Waals surface area (Å²) in [7, 11) is 0. The molecule has 0 bridgehead atoms. The molecule has 0 aliphatic heterocycles. The van der Waals surface area contributed by atoms with Gasteiger partial charge >= 0.3 is 0 Å². The zero-order valence-corrected chi connectivity index (χ0v) is 11.9. The lowest BCUT2D eigenvalue weighted by Crippen LogP contribution is -1.87. The fourth-order valence-corrected chi connectivity index (χ4v) is 2.51. The molecule has 0 radical (unpaired) electrons. The van der Waals surface area contributed by atoms with Crippen molar-refractivity contribution >= 4 is 43.5 Å². The molecular weight excluding hydrogens is 358 g/mol. The third-order valence-corrected chi connectivity index (χ3v) is 3.66. The van der Waals surface area contributed by atoms with Crippen LogP contribution in [-0.2, 0) is 0 Å². The van der Waals surface area contributed by atoms with Crippen LogP contribution in [0.2, 0.25) is 5.02 Å². The summed E-state index contributed by atoms with van der Waals surface area (Å²) in [6, 6.07) is 10.2. The van der Waals surface area contributed by atoms with Crippen molar-refractivity contribution in [2.24, 2.45) is 0 Å². The molecule has 2 aromatic carbocycles. The monoisotopic (exact) mass is 362 g/mol. The van der Waals surface area contributed by atoms with E-state index in [0.29, 0.717) is 10.6 Å². The minimum atomic E-state index is -0.327. The lowest BCUT2D eigenvalue weighted by Gasteiger charge is -2.08. The first kappa shape index (κ1) is 12.1. The molecule has 0 fully saturated rings. The van der Waals surface area contributed by atoms with Gasteiger partial charge in [0.15, 0.2) is 0 Å². The molecule has 2 aromatic rings. The topological polar surface area (TPSA) is 0 Å². The lowest BCUT2D eigenvalue weighted by molar-refractivity contribution is 0.631. The largest absolute Gasteiger partial charge is 0.206 e. The Bertz CT molecular complexity index is 520. The van der Waals surface area contributed by atoms with E-state index in [1.807, 2.05) is 18.2 Å². The maximum Gasteiger partial charge on any atom is 0.132 e. The highest BCUT2D eigenvalue weighted by Gasteiger charge is 2.12. The first-order valence-electron chi connectivity index (χ1n) is 4.49. The molecule has 4 heteroatoms. The predicted octanol–water partition coefficient (Wildman–Crippen LogP) is 5.67. The first-order chi connectivity index (χ1) is 7.59. The van der Waals surface area contributed by atoms with Gasteiger partial charge in [-0.25, -0.2) is 4.39 Å². The molecule has 82 valence electrons. The molecule has 0 N–H and O–H groups in total. The van der Waals surface area contributed by atoms with Crippen molar-refractivity contribution in [2.75, 3.05) is 0 Å². The second kappa shape index (κ2) is 4.86. The van der Waals surface area contributed by atoms with E-state index in [9.17, 15) is 4.39 Å². The van der Waals surface area contributed by atoms with Gasteiger partial charge in [0.1, 0.15) is 5.82 Å². The molecule has 0 amide bonds. The lowest BCUT2D eigenvalue weighted by atomic mass is 10.1. The summed E-state index contributed by atoms with van der Waals surface area (Å²) in [6.07, 6.45) is 0. The maximum absolute atomic E-state index is 13.7. The van der Waals surface area contributed by atoms with Crippen LogP contribution in [0.1, 0.15) is 0 Å². The van der Waals surface area contributed by atoms with Gasteiger partial charge in [0.2, 0.25) is 0 Å². The van der Waals surface area contributed by atoms with Gasteiger partial charge in [0.05, 0.1) is 5.02 Å². The van der Waals surface area contributed by atoms with Crippen molar-refractivity contribution < 1.29 is 4.39 Å². The van der Waals surface area contributed by atoms with E-state index >= 15 is 0 Å². The summed E-state index contributed by atoms with van der Waals surface area (Å²) in [4.78, 5) is 0. The molecule has 16 heavy (non-hydrogen) atoms. The Kier molecular flexibility index (Phi) is 3.67. The van der Waals surface area contributed by atoms with Crippen molar-refractivity contribution in [3.05, 3.63) is 56.2 Å². The Hall–Kier alpha value is -0.380. The highest BCUT2D eigenvalue weighted by atomic mass is 79.9. The van der Waals surface area contributed by atoms with Crippen LogP contribution in [0.4, 0.5) is 4.39 Å². The van der Waals surface area contributed by atoms with E-state index in [1.165, 1.54) is 6.07 Å². The zero-order valence-electron chi connectivity index (χ0n) is 7.98. The van der Waals surface area contributed by atoms with Gasteiger partial charge in [-0.15, -0.1) is 0 Å². The van der Waals surface area contributed by atoms with Crippen molar-refractivity contribution in [2.45, 2.75) is 0 Å². The van der Waals surface area contributed by atoms with Gasteiger partial charge < -0.3 is 0 Å². The summed E-state index contributed by atoms with van der Waals surface area (Å²) >= 11 is 12.8. The summed E-state index contributed by atoms with van der Waals surface area (Å²) in [5.74, 6) is -0.327. The second-order valence-corrected chi connectivity index (χ2v) is 5.40. The van der Waals surface area contributed by atoms with Crippen LogP contribution in [-0.4, -0.2) is 0 Å². The van der Waals surface area contributed by atoms with E-state index in [2.05, 4.69) is 31.9 Å². The van der Waals surface area contributed by atoms with Crippen LogP contribution in [0, 0.1) is 5.82 Å². The average Bonchev–Trinajstić information content (AvgIpc) is 2.23. The Morgan fingerprint density at radius 3 is 2.50 bits per heavy atom. The van der Waals surface area contributed by atoms with Crippen molar-refractivity contribution in [1.29, 1.82) is 0 Å². The quantitative estimate of drug-likeness (QED) is 0.611. The van der Waals surface area contributed by atoms with Gasteiger partial charge in [-0.2, -0.15) is 0 Å². The van der Waals surface area contributed by atoms with Gasteiger partial charge in [-0.3, -0.25) is 0 Å². The Balaban J connectivity index is 2.72. The highest BCUT2D eigenvalue weighted by molar-refractivity contribution is 9.11. The molecule has 0 saturated heterocycles. The second-order valence-electron chi connectivity index (χ2n) is 3.22. The number of rotatable bonds is 1. The van der Waals surface area contributed by atoms with E-state index in [4.69, 9.17) is 11.6 Å². The molecule has 0 atom stereocenters. The minimum absolute atomic E-state index is 0.327. The Morgan fingerprint density at radius 2 is 1.81 bits per heavy atom. The molecule has 0 spiro atoms. The fraction of sp³-hybridized carbons (Fsp3) is 0. The number of benzene rings is 2. The number of hydrogen-bond donors (Lipinski definition) is 0. The van der Waals surface area contributed by atoms with Crippen molar-refractivity contribution in [3.8, 4) is 11.1 Å². The van der Waals surface area contributed by atoms with E-state index in [1.54, 1.807) is 12.1 Å². The molecular formula is C12H6Br2ClF. The smallest absolute Gasteiger partial charge is 0.132 e. The van der Waals surface area contributed by atoms with Crippen LogP contribution in [0.5, 0.6) is 0 Å². The van der Waals surface area contributed by atoms with Crippen LogP contribution in [0.15, 0.2) is 45.3 Å². The highest BCUT2D eigenvalue weighted by Crippen LogP contribution is 2.36. The molecule has 0 aromatic heterocycles. The number of hydrogen-bond acceptors (Lipinski definition) is 0. The molecule has 2 rings (SSSR count). The van der Waals surface area contributed by atoms with Gasteiger partial charge in [0.25, 0.3) is 0 Å². The molecule has 0 aliphatic carbocycles. The normalized spacial score (nSPS) is 10.5. The van der Waals surface area contributed by atoms with Gasteiger partial charge in [0, 0.05) is 20.1 Å². The Morgan fingerprint density at radius 1 is 1.06 bits per heavy atom. The van der Waals surface area contributed by atoms with Crippen LogP contribution >= 0.6 is 43.5 Å². The molecule has 0 aliphatic rings. The van der Waals surface area contributed by atoms with Crippen molar-refractivity contribution in [3.63, 3.8) is 0 Å². The standard InChI is InChI=1S/C12H6Br2ClF/c13-7-4-5-9(14)8(6-7)12-10(15)2-1-3-11(12)16/h1-6H. The molecule has 0 heterocycles. The van der Waals surface area contributed by atoms with E-state index < -0.39 is 0 Å². The average molecular weight is 364 g/mol. The zero-order chi connectivity index (χ0) is 11.7. The van der Waals surface area contributed by atoms with Gasteiger partial charge in [-0.05, 0) is 30.3 Å². The Labute approximate surface area is 115 Å². The summed E-state index contributed by atoms with van der Waals surface area (Å²) in [5.41, 5.74) is 1.15. The summed E-state index contributed by atoms with van der Waals surface area (Å²) in [6.45, 7) is 0. The first-order valence-corrected chi connectivity index (χ1v) is 6.45. The van der Waals surface area contributed by atoms with Crippen molar-refractivity contribution in [1.82, 2.24) is 0 Å². The fourth-order valence-electron chi connectivity index (χ4n) is 1.44. The SMILES string of the molecule is Fc1cccc(Cl)c1-c1cc(Br)ccc1Br. The molecule has 0 saturated carbocycles.